The highest BCUT2D eigenvalue weighted by Crippen LogP contribution is 2.48. The van der Waals surface area contributed by atoms with Gasteiger partial charge >= 0.3 is 11.9 Å². The van der Waals surface area contributed by atoms with E-state index in [1.54, 1.807) is 21.0 Å². The second-order valence-electron chi connectivity index (χ2n) is 9.40. The summed E-state index contributed by atoms with van der Waals surface area (Å²) in [4.78, 5) is 28.3. The number of allylic oxidation sites excluding steroid dienone is 2. The summed E-state index contributed by atoms with van der Waals surface area (Å²) in [5, 5.41) is 0. The molecule has 4 atom stereocenters. The summed E-state index contributed by atoms with van der Waals surface area (Å²) in [6, 6.07) is 7.81. The molecule has 0 saturated carbocycles. The Morgan fingerprint density at radius 1 is 0.857 bits per heavy atom. The van der Waals surface area contributed by atoms with Gasteiger partial charge in [0, 0.05) is 24.2 Å². The molecular weight excluding hydrogens is 454 g/mol. The summed E-state index contributed by atoms with van der Waals surface area (Å²) in [5.74, 6) is -2.82. The molecule has 3 aliphatic heterocycles. The van der Waals surface area contributed by atoms with Crippen molar-refractivity contribution in [2.75, 3.05) is 26.2 Å². The molecular formula is C26H33NO8. The molecule has 0 N–H and O–H groups in total. The predicted octanol–water partition coefficient (Wildman–Crippen LogP) is 3.22. The Morgan fingerprint density at radius 3 is 1.89 bits per heavy atom. The summed E-state index contributed by atoms with van der Waals surface area (Å²) >= 11 is 0. The van der Waals surface area contributed by atoms with Crippen molar-refractivity contribution in [3.05, 3.63) is 52.4 Å². The number of aryl methyl sites for hydroxylation is 1. The number of rotatable bonds is 5. The molecule has 190 valence electrons. The first kappa shape index (κ1) is 25.4. The van der Waals surface area contributed by atoms with Gasteiger partial charge in [-0.3, -0.25) is 0 Å². The average Bonchev–Trinajstić information content (AvgIpc) is 3.29. The monoisotopic (exact) mass is 487 g/mol. The lowest BCUT2D eigenvalue weighted by molar-refractivity contribution is -0.220. The van der Waals surface area contributed by atoms with Gasteiger partial charge in [-0.1, -0.05) is 17.7 Å². The molecule has 0 amide bonds. The van der Waals surface area contributed by atoms with Crippen molar-refractivity contribution in [3.63, 3.8) is 0 Å². The number of methoxy groups -OCH3 is 3. The Bertz CT molecular complexity index is 1030. The largest absolute Gasteiger partial charge is 0.466 e. The first-order valence-electron chi connectivity index (χ1n) is 11.5. The zero-order chi connectivity index (χ0) is 25.7. The smallest absolute Gasteiger partial charge is 0.336 e. The number of fused-ring (bicyclic) bond motifs is 1. The van der Waals surface area contributed by atoms with E-state index < -0.39 is 48.2 Å². The van der Waals surface area contributed by atoms with Gasteiger partial charge in [0.2, 0.25) is 0 Å². The van der Waals surface area contributed by atoms with Crippen LogP contribution in [0.15, 0.2) is 46.8 Å². The fraction of sp³-hybridized carbons (Fsp3) is 0.538. The lowest BCUT2D eigenvalue weighted by Crippen LogP contribution is -2.46. The Morgan fingerprint density at radius 2 is 1.40 bits per heavy atom. The molecule has 4 rings (SSSR count). The number of hydrogen-bond acceptors (Lipinski definition) is 9. The van der Waals surface area contributed by atoms with Gasteiger partial charge in [-0.05, 0) is 46.8 Å². The quantitative estimate of drug-likeness (QED) is 0.581. The summed E-state index contributed by atoms with van der Waals surface area (Å²) in [7, 11) is 4.17. The van der Waals surface area contributed by atoms with Gasteiger partial charge in [0.05, 0.1) is 31.3 Å². The van der Waals surface area contributed by atoms with Crippen LogP contribution in [0, 0.1) is 12.8 Å². The normalized spacial score (nSPS) is 28.4. The molecule has 0 aliphatic carbocycles. The third kappa shape index (κ3) is 4.27. The van der Waals surface area contributed by atoms with Crippen molar-refractivity contribution in [2.24, 2.45) is 5.92 Å². The number of carbonyl (C=O) groups is 2. The van der Waals surface area contributed by atoms with Gasteiger partial charge < -0.3 is 33.3 Å². The number of hydrogen-bond donors (Lipinski definition) is 0. The first-order valence-corrected chi connectivity index (χ1v) is 11.5. The van der Waals surface area contributed by atoms with Gasteiger partial charge in [0.25, 0.3) is 0 Å². The molecule has 0 unspecified atom stereocenters. The van der Waals surface area contributed by atoms with Crippen molar-refractivity contribution in [2.45, 2.75) is 65.0 Å². The van der Waals surface area contributed by atoms with Crippen LogP contribution >= 0.6 is 0 Å². The zero-order valence-electron chi connectivity index (χ0n) is 21.4. The van der Waals surface area contributed by atoms with Crippen LogP contribution in [0.3, 0.4) is 0 Å². The van der Waals surface area contributed by atoms with Crippen LogP contribution in [0.25, 0.3) is 0 Å². The van der Waals surface area contributed by atoms with Crippen LogP contribution in [0.4, 0.5) is 5.69 Å². The number of carbonyl (C=O) groups excluding carboxylic acids is 2. The van der Waals surface area contributed by atoms with Crippen LogP contribution in [-0.4, -0.2) is 63.7 Å². The van der Waals surface area contributed by atoms with E-state index in [1.165, 1.54) is 14.2 Å². The molecule has 2 saturated heterocycles. The molecule has 0 radical (unpaired) electrons. The average molecular weight is 488 g/mol. The molecule has 3 aliphatic rings. The van der Waals surface area contributed by atoms with E-state index in [9.17, 15) is 9.59 Å². The SMILES string of the molecule is COC(=O)C1=C(C)N(c2ccc(C)cc2)C(C)=C(C(=O)OC)C1[C@@H]1O[C@H]2OC(C)(C)O[C@H]2[C@@H]1OC. The van der Waals surface area contributed by atoms with Crippen LogP contribution in [-0.2, 0) is 38.0 Å². The second-order valence-corrected chi connectivity index (χ2v) is 9.40. The zero-order valence-corrected chi connectivity index (χ0v) is 21.4. The maximum atomic E-state index is 13.2. The fourth-order valence-corrected chi connectivity index (χ4v) is 5.31. The Balaban J connectivity index is 1.88. The molecule has 1 aromatic carbocycles. The van der Waals surface area contributed by atoms with Gasteiger partial charge in [0.1, 0.15) is 18.3 Å². The maximum Gasteiger partial charge on any atom is 0.336 e. The summed E-state index contributed by atoms with van der Waals surface area (Å²) in [6.07, 6.45) is -2.63. The summed E-state index contributed by atoms with van der Waals surface area (Å²) < 4.78 is 34.5. The highest BCUT2D eigenvalue weighted by Gasteiger charge is 2.59. The van der Waals surface area contributed by atoms with Gasteiger partial charge in [-0.15, -0.1) is 0 Å². The minimum absolute atomic E-state index is 0.283. The van der Waals surface area contributed by atoms with Crippen molar-refractivity contribution in [1.82, 2.24) is 0 Å². The van der Waals surface area contributed by atoms with Gasteiger partial charge in [-0.2, -0.15) is 0 Å². The van der Waals surface area contributed by atoms with Gasteiger partial charge in [-0.25, -0.2) is 9.59 Å². The maximum absolute atomic E-state index is 13.2. The fourth-order valence-electron chi connectivity index (χ4n) is 5.31. The second kappa shape index (κ2) is 9.39. The third-order valence-corrected chi connectivity index (χ3v) is 6.80. The van der Waals surface area contributed by atoms with Crippen molar-refractivity contribution in [3.8, 4) is 0 Å². The Hall–Kier alpha value is -2.72. The van der Waals surface area contributed by atoms with E-state index in [-0.39, 0.29) is 11.1 Å². The third-order valence-electron chi connectivity index (χ3n) is 6.80. The molecule has 9 nitrogen and oxygen atoms in total. The number of benzene rings is 1. The van der Waals surface area contributed by atoms with E-state index in [0.29, 0.717) is 11.4 Å². The van der Waals surface area contributed by atoms with E-state index in [4.69, 9.17) is 28.4 Å². The van der Waals surface area contributed by atoms with Crippen molar-refractivity contribution >= 4 is 17.6 Å². The first-order chi connectivity index (χ1) is 16.5. The standard InChI is InChI=1S/C26H33NO8/c1-13-9-11-16(12-10-13)27-14(2)17(23(28)31-7)19(18(15(27)3)24(29)32-8)20-21(30-6)22-25(33-20)35-26(4,5)34-22/h9-12,19-22,25H,1-8H3/t20-,21+,22-,25-/m0/s1. The van der Waals surface area contributed by atoms with E-state index >= 15 is 0 Å². The topological polar surface area (TPSA) is 92.8 Å². The number of ether oxygens (including phenoxy) is 6. The van der Waals surface area contributed by atoms with E-state index in [0.717, 1.165) is 11.3 Å². The van der Waals surface area contributed by atoms with E-state index in [1.807, 2.05) is 49.9 Å². The van der Waals surface area contributed by atoms with Crippen LogP contribution in [0.5, 0.6) is 0 Å². The Labute approximate surface area is 205 Å². The minimum Gasteiger partial charge on any atom is -0.466 e. The summed E-state index contributed by atoms with van der Waals surface area (Å²) in [6.45, 7) is 9.23. The molecule has 2 fully saturated rings. The van der Waals surface area contributed by atoms with Crippen molar-refractivity contribution in [1.29, 1.82) is 0 Å². The van der Waals surface area contributed by atoms with Crippen molar-refractivity contribution < 1.29 is 38.0 Å². The Kier molecular flexibility index (Phi) is 6.80. The molecule has 9 heteroatoms. The van der Waals surface area contributed by atoms with E-state index in [2.05, 4.69) is 0 Å². The molecule has 0 aromatic heterocycles. The molecule has 35 heavy (non-hydrogen) atoms. The molecule has 1 aromatic rings. The summed E-state index contributed by atoms with van der Waals surface area (Å²) in [5.41, 5.74) is 3.69. The van der Waals surface area contributed by atoms with Crippen LogP contribution in [0.2, 0.25) is 0 Å². The molecule has 0 spiro atoms. The highest BCUT2D eigenvalue weighted by molar-refractivity contribution is 6.00. The molecule has 3 heterocycles. The highest BCUT2D eigenvalue weighted by atomic mass is 16.8. The lowest BCUT2D eigenvalue weighted by Gasteiger charge is -2.40. The number of nitrogens with zero attached hydrogens (tertiary/aromatic N) is 1. The molecule has 0 bridgehead atoms. The number of esters is 2. The lowest BCUT2D eigenvalue weighted by atomic mass is 9.78. The van der Waals surface area contributed by atoms with Crippen LogP contribution < -0.4 is 4.90 Å². The minimum atomic E-state index is -0.847. The number of anilines is 1. The van der Waals surface area contributed by atoms with Gasteiger partial charge in [0.15, 0.2) is 12.1 Å². The van der Waals surface area contributed by atoms with Crippen LogP contribution in [0.1, 0.15) is 33.3 Å². The predicted molar refractivity (Wildman–Crippen MR) is 126 cm³/mol.